The lowest BCUT2D eigenvalue weighted by Gasteiger charge is -2.34. The smallest absolute Gasteiger partial charge is 0.185 e. The van der Waals surface area contributed by atoms with Crippen LogP contribution in [0.15, 0.2) is 47.0 Å². The van der Waals surface area contributed by atoms with Crippen LogP contribution in [0, 0.1) is 0 Å². The summed E-state index contributed by atoms with van der Waals surface area (Å²) in [6, 6.07) is 7.83. The van der Waals surface area contributed by atoms with Crippen LogP contribution >= 0.6 is 23.1 Å². The van der Waals surface area contributed by atoms with Crippen LogP contribution in [0.4, 0.5) is 5.69 Å². The minimum absolute atomic E-state index is 0.595. The molecule has 0 amide bonds. The third-order valence-electron chi connectivity index (χ3n) is 4.62. The lowest BCUT2D eigenvalue weighted by Crippen LogP contribution is -2.45. The van der Waals surface area contributed by atoms with Gasteiger partial charge in [-0.2, -0.15) is 0 Å². The maximum absolute atomic E-state index is 11.4. The van der Waals surface area contributed by atoms with Gasteiger partial charge in [-0.1, -0.05) is 31.7 Å². The van der Waals surface area contributed by atoms with Crippen molar-refractivity contribution in [2.45, 2.75) is 26.0 Å². The van der Waals surface area contributed by atoms with Crippen LogP contribution in [0.5, 0.6) is 0 Å². The maximum Gasteiger partial charge on any atom is 0.185 e. The van der Waals surface area contributed by atoms with Crippen molar-refractivity contribution in [3.05, 3.63) is 46.9 Å². The van der Waals surface area contributed by atoms with Crippen molar-refractivity contribution in [2.24, 2.45) is 4.99 Å². The van der Waals surface area contributed by atoms with Crippen molar-refractivity contribution in [1.82, 2.24) is 14.8 Å². The van der Waals surface area contributed by atoms with Crippen molar-refractivity contribution < 1.29 is 5.11 Å². The van der Waals surface area contributed by atoms with E-state index >= 15 is 0 Å². The van der Waals surface area contributed by atoms with Gasteiger partial charge >= 0.3 is 0 Å². The maximum atomic E-state index is 11.4. The van der Waals surface area contributed by atoms with Crippen LogP contribution in [0.25, 0.3) is 0 Å². The van der Waals surface area contributed by atoms with E-state index in [9.17, 15) is 5.11 Å². The fourth-order valence-corrected chi connectivity index (χ4v) is 5.22. The van der Waals surface area contributed by atoms with Crippen LogP contribution in [0.1, 0.15) is 25.1 Å². The minimum atomic E-state index is -0.983. The summed E-state index contributed by atoms with van der Waals surface area (Å²) < 4.78 is 0. The minimum Gasteiger partial charge on any atom is -0.365 e. The molecule has 1 atom stereocenters. The number of pyridine rings is 1. The van der Waals surface area contributed by atoms with Gasteiger partial charge in [-0.15, -0.1) is 11.3 Å². The van der Waals surface area contributed by atoms with E-state index in [-0.39, 0.29) is 0 Å². The highest BCUT2D eigenvalue weighted by Gasteiger charge is 2.45. The SMILES string of the molecule is CCN(CC)CCCN1C(=Nc2cccnc2)SC[C@@]1(O)c1cccs1. The molecule has 0 spiro atoms. The Kier molecular flexibility index (Phi) is 6.69. The number of aliphatic imine (C=N–C) groups is 1. The fraction of sp³-hybridized carbons (Fsp3) is 0.474. The molecule has 0 aliphatic carbocycles. The first-order chi connectivity index (χ1) is 12.7. The number of hydrogen-bond donors (Lipinski definition) is 1. The normalized spacial score (nSPS) is 21.8. The molecule has 3 rings (SSSR count). The van der Waals surface area contributed by atoms with Gasteiger partial charge in [-0.25, -0.2) is 4.99 Å². The molecule has 5 nitrogen and oxygen atoms in total. The Balaban J connectivity index is 1.81. The van der Waals surface area contributed by atoms with Crippen molar-refractivity contribution in [3.63, 3.8) is 0 Å². The molecule has 3 heterocycles. The molecule has 2 aromatic rings. The summed E-state index contributed by atoms with van der Waals surface area (Å²) in [5, 5.41) is 14.3. The van der Waals surface area contributed by atoms with E-state index in [1.807, 2.05) is 29.6 Å². The Morgan fingerprint density at radius 3 is 2.81 bits per heavy atom. The predicted molar refractivity (Wildman–Crippen MR) is 111 cm³/mol. The van der Waals surface area contributed by atoms with Gasteiger partial charge in [0.2, 0.25) is 0 Å². The second-order valence-electron chi connectivity index (χ2n) is 6.22. The molecule has 0 bridgehead atoms. The van der Waals surface area contributed by atoms with Crippen LogP contribution in [-0.2, 0) is 5.72 Å². The molecule has 0 aromatic carbocycles. The molecule has 0 unspecified atom stereocenters. The summed E-state index contributed by atoms with van der Waals surface area (Å²) in [6.07, 6.45) is 4.49. The molecule has 1 saturated heterocycles. The van der Waals surface area contributed by atoms with E-state index < -0.39 is 5.72 Å². The number of hydrogen-bond acceptors (Lipinski definition) is 6. The summed E-state index contributed by atoms with van der Waals surface area (Å²) in [6.45, 7) is 8.28. The van der Waals surface area contributed by atoms with E-state index in [0.717, 1.165) is 48.3 Å². The van der Waals surface area contributed by atoms with Gasteiger partial charge in [0.05, 0.1) is 22.5 Å². The quantitative estimate of drug-likeness (QED) is 0.744. The average molecular weight is 391 g/mol. The summed E-state index contributed by atoms with van der Waals surface area (Å²) in [7, 11) is 0. The zero-order valence-electron chi connectivity index (χ0n) is 15.3. The number of rotatable bonds is 8. The Bertz CT molecular complexity index is 704. The lowest BCUT2D eigenvalue weighted by molar-refractivity contribution is -0.0455. The zero-order valence-corrected chi connectivity index (χ0v) is 17.0. The summed E-state index contributed by atoms with van der Waals surface area (Å²) >= 11 is 3.21. The molecule has 1 N–H and O–H groups in total. The third kappa shape index (κ3) is 4.28. The predicted octanol–water partition coefficient (Wildman–Crippen LogP) is 3.76. The summed E-state index contributed by atoms with van der Waals surface area (Å²) in [4.78, 5) is 14.4. The highest BCUT2D eigenvalue weighted by atomic mass is 32.2. The van der Waals surface area contributed by atoms with Gasteiger partial charge in [-0.3, -0.25) is 4.98 Å². The standard InChI is InChI=1S/C19H26N4OS2/c1-3-22(4-2)11-7-12-23-18(21-16-8-5-10-20-14-16)26-15-19(23,24)17-9-6-13-25-17/h5-6,8-10,13-14,24H,3-4,7,11-12,15H2,1-2H3/t19-/m1/s1. The molecule has 0 saturated carbocycles. The van der Waals surface area contributed by atoms with E-state index in [2.05, 4.69) is 28.6 Å². The number of thioether (sulfide) groups is 1. The topological polar surface area (TPSA) is 52.0 Å². The van der Waals surface area contributed by atoms with Crippen molar-refractivity contribution in [1.29, 1.82) is 0 Å². The molecule has 1 aliphatic heterocycles. The molecule has 140 valence electrons. The second-order valence-corrected chi connectivity index (χ2v) is 8.11. The fourth-order valence-electron chi connectivity index (χ4n) is 3.09. The molecular formula is C19H26N4OS2. The third-order valence-corrected chi connectivity index (χ3v) is 6.74. The Hall–Kier alpha value is -1.41. The van der Waals surface area contributed by atoms with Gasteiger partial charge < -0.3 is 14.9 Å². The van der Waals surface area contributed by atoms with Crippen LogP contribution in [-0.4, -0.2) is 57.0 Å². The molecule has 7 heteroatoms. The van der Waals surface area contributed by atoms with Gasteiger partial charge in [0.15, 0.2) is 10.9 Å². The van der Waals surface area contributed by atoms with Gasteiger partial charge in [0.25, 0.3) is 0 Å². The van der Waals surface area contributed by atoms with E-state index in [1.165, 1.54) is 0 Å². The molecule has 26 heavy (non-hydrogen) atoms. The van der Waals surface area contributed by atoms with Gasteiger partial charge in [0.1, 0.15) is 0 Å². The Morgan fingerprint density at radius 1 is 1.31 bits per heavy atom. The first-order valence-corrected chi connectivity index (χ1v) is 10.9. The van der Waals surface area contributed by atoms with Gasteiger partial charge in [-0.05, 0) is 49.6 Å². The average Bonchev–Trinajstić information content (AvgIpc) is 3.31. The monoisotopic (exact) mass is 390 g/mol. The van der Waals surface area contributed by atoms with Crippen LogP contribution in [0.2, 0.25) is 0 Å². The van der Waals surface area contributed by atoms with Crippen molar-refractivity contribution in [3.8, 4) is 0 Å². The van der Waals surface area contributed by atoms with Crippen molar-refractivity contribution >= 4 is 34.0 Å². The number of aromatic nitrogens is 1. The zero-order chi connectivity index (χ0) is 18.4. The molecule has 1 aliphatic rings. The largest absolute Gasteiger partial charge is 0.365 e. The first kappa shape index (κ1) is 19.4. The Morgan fingerprint density at radius 2 is 2.15 bits per heavy atom. The highest BCUT2D eigenvalue weighted by molar-refractivity contribution is 8.14. The summed E-state index contributed by atoms with van der Waals surface area (Å²) in [5.74, 6) is 0.595. The van der Waals surface area contributed by atoms with Gasteiger partial charge in [0, 0.05) is 12.7 Å². The molecule has 2 aromatic heterocycles. The van der Waals surface area contributed by atoms with E-state index in [4.69, 9.17) is 4.99 Å². The number of nitrogens with zero attached hydrogens (tertiary/aromatic N) is 4. The number of thiophene rings is 1. The lowest BCUT2D eigenvalue weighted by atomic mass is 10.1. The van der Waals surface area contributed by atoms with Crippen LogP contribution < -0.4 is 0 Å². The summed E-state index contributed by atoms with van der Waals surface area (Å²) in [5.41, 5.74) is -0.164. The molecule has 0 radical (unpaired) electrons. The number of aliphatic hydroxyl groups is 1. The highest BCUT2D eigenvalue weighted by Crippen LogP contribution is 2.41. The molecular weight excluding hydrogens is 364 g/mol. The molecule has 1 fully saturated rings. The van der Waals surface area contributed by atoms with E-state index in [0.29, 0.717) is 5.75 Å². The van der Waals surface area contributed by atoms with E-state index in [1.54, 1.807) is 35.5 Å². The first-order valence-electron chi connectivity index (χ1n) is 9.05. The second kappa shape index (κ2) is 8.99. The Labute approximate surface area is 163 Å². The number of amidine groups is 1. The van der Waals surface area contributed by atoms with Crippen LogP contribution in [0.3, 0.4) is 0 Å². The van der Waals surface area contributed by atoms with Crippen molar-refractivity contribution in [2.75, 3.05) is 31.9 Å².